The number of sulfonamides is 1. The van der Waals surface area contributed by atoms with Gasteiger partial charge in [0.1, 0.15) is 5.75 Å². The smallest absolute Gasteiger partial charge is 0.491 e. The molecule has 0 atom stereocenters. The number of carbonyl (C=O) groups is 1. The number of allylic oxidation sites excluding steroid dienone is 1. The Bertz CT molecular complexity index is 888. The summed E-state index contributed by atoms with van der Waals surface area (Å²) in [6, 6.07) is 4.33. The summed E-state index contributed by atoms with van der Waals surface area (Å²) in [6.07, 6.45) is -0.196. The van der Waals surface area contributed by atoms with Gasteiger partial charge in [0.05, 0.1) is 12.0 Å². The summed E-state index contributed by atoms with van der Waals surface area (Å²) in [4.78, 5) is 12.0. The number of amides is 1. The molecule has 0 bridgehead atoms. The molecule has 11 heteroatoms. The van der Waals surface area contributed by atoms with Crippen molar-refractivity contribution < 1.29 is 35.9 Å². The van der Waals surface area contributed by atoms with Crippen molar-refractivity contribution in [1.29, 1.82) is 0 Å². The van der Waals surface area contributed by atoms with Gasteiger partial charge in [-0.15, -0.1) is 13.2 Å². The molecule has 30 heavy (non-hydrogen) atoms. The van der Waals surface area contributed by atoms with Crippen LogP contribution in [0.2, 0.25) is 0 Å². The van der Waals surface area contributed by atoms with E-state index < -0.39 is 22.1 Å². The minimum absolute atomic E-state index is 0.0149. The number of benzene rings is 1. The summed E-state index contributed by atoms with van der Waals surface area (Å²) >= 11 is 0. The van der Waals surface area contributed by atoms with E-state index in [9.17, 15) is 26.4 Å². The monoisotopic (exact) mass is 448 g/mol. The molecule has 2 aliphatic rings. The summed E-state index contributed by atoms with van der Waals surface area (Å²) in [7, 11) is -2.42. The molecule has 7 nitrogen and oxygen atoms in total. The molecule has 0 unspecified atom stereocenters. The van der Waals surface area contributed by atoms with Crippen LogP contribution in [0.25, 0.3) is 0 Å². The Balaban J connectivity index is 1.60. The Kier molecular flexibility index (Phi) is 6.61. The number of hydrogen-bond acceptors (Lipinski definition) is 5. The molecule has 1 aromatic rings. The summed E-state index contributed by atoms with van der Waals surface area (Å²) in [6.45, 7) is 0.455. The highest BCUT2D eigenvalue weighted by molar-refractivity contribution is 7.89. The highest BCUT2D eigenvalue weighted by atomic mass is 32.2. The fraction of sp³-hybridized carbons (Fsp3) is 0.526. The van der Waals surface area contributed by atoms with Crippen LogP contribution >= 0.6 is 0 Å². The van der Waals surface area contributed by atoms with Crippen molar-refractivity contribution in [2.45, 2.75) is 43.0 Å². The molecule has 3 rings (SSSR count). The number of nitrogens with zero attached hydrogens (tertiary/aromatic N) is 1. The molecule has 0 spiro atoms. The number of hydrogen-bond donors (Lipinski definition) is 1. The summed E-state index contributed by atoms with van der Waals surface area (Å²) < 4.78 is 72.5. The molecule has 0 radical (unpaired) electrons. The van der Waals surface area contributed by atoms with Crippen molar-refractivity contribution in [3.63, 3.8) is 0 Å². The fourth-order valence-corrected chi connectivity index (χ4v) is 4.65. The minimum Gasteiger partial charge on any atom is -0.491 e. The van der Waals surface area contributed by atoms with Crippen molar-refractivity contribution in [2.75, 3.05) is 20.2 Å². The van der Waals surface area contributed by atoms with E-state index in [0.29, 0.717) is 12.8 Å². The van der Waals surface area contributed by atoms with Crippen LogP contribution in [0.3, 0.4) is 0 Å². The number of piperidine rings is 1. The predicted molar refractivity (Wildman–Crippen MR) is 101 cm³/mol. The maximum Gasteiger partial charge on any atom is 0.573 e. The third-order valence-corrected chi connectivity index (χ3v) is 6.85. The molecule has 1 aliphatic heterocycles. The van der Waals surface area contributed by atoms with Crippen molar-refractivity contribution in [3.05, 3.63) is 36.1 Å². The first-order valence-electron chi connectivity index (χ1n) is 9.51. The van der Waals surface area contributed by atoms with E-state index in [4.69, 9.17) is 4.74 Å². The van der Waals surface area contributed by atoms with Crippen LogP contribution in [-0.2, 0) is 19.6 Å². The Morgan fingerprint density at radius 1 is 1.13 bits per heavy atom. The van der Waals surface area contributed by atoms with Gasteiger partial charge < -0.3 is 14.8 Å². The second kappa shape index (κ2) is 8.84. The topological polar surface area (TPSA) is 84.9 Å². The summed E-state index contributed by atoms with van der Waals surface area (Å²) in [5, 5.41) is 2.85. The molecule has 2 fully saturated rings. The van der Waals surface area contributed by atoms with E-state index in [0.717, 1.165) is 37.1 Å². The molecule has 1 aliphatic carbocycles. The van der Waals surface area contributed by atoms with Crippen molar-refractivity contribution in [3.8, 4) is 5.75 Å². The predicted octanol–water partition coefficient (Wildman–Crippen LogP) is 2.79. The molecule has 1 saturated carbocycles. The van der Waals surface area contributed by atoms with Crippen molar-refractivity contribution >= 4 is 15.9 Å². The molecular formula is C19H23F3N2O5S. The highest BCUT2D eigenvalue weighted by Crippen LogP contribution is 2.28. The van der Waals surface area contributed by atoms with Crippen LogP contribution in [0, 0.1) is 5.92 Å². The number of carbonyl (C=O) groups excluding carboxylic acids is 1. The van der Waals surface area contributed by atoms with Crippen LogP contribution in [0.1, 0.15) is 25.7 Å². The van der Waals surface area contributed by atoms with Crippen LogP contribution in [0.5, 0.6) is 5.75 Å². The van der Waals surface area contributed by atoms with Gasteiger partial charge in [-0.05, 0) is 61.9 Å². The third kappa shape index (κ3) is 5.88. The van der Waals surface area contributed by atoms with Crippen molar-refractivity contribution in [1.82, 2.24) is 9.62 Å². The number of ether oxygens (including phenoxy) is 2. The van der Waals surface area contributed by atoms with Crippen LogP contribution in [-0.4, -0.2) is 51.2 Å². The largest absolute Gasteiger partial charge is 0.573 e. The van der Waals surface area contributed by atoms with E-state index in [-0.39, 0.29) is 41.6 Å². The van der Waals surface area contributed by atoms with E-state index in [1.165, 1.54) is 11.4 Å². The van der Waals surface area contributed by atoms with Crippen molar-refractivity contribution in [2.24, 2.45) is 5.92 Å². The Labute approximate surface area is 172 Å². The maximum absolute atomic E-state index is 12.8. The van der Waals surface area contributed by atoms with E-state index in [1.807, 2.05) is 0 Å². The summed E-state index contributed by atoms with van der Waals surface area (Å²) in [5.41, 5.74) is 0. The Morgan fingerprint density at radius 2 is 1.73 bits per heavy atom. The Hall–Kier alpha value is -2.27. The van der Waals surface area contributed by atoms with Crippen LogP contribution in [0.15, 0.2) is 41.0 Å². The lowest BCUT2D eigenvalue weighted by Gasteiger charge is -2.30. The second-order valence-electron chi connectivity index (χ2n) is 7.24. The molecule has 1 aromatic carbocycles. The standard InChI is InChI=1S/C19H23F3N2O5S/c1-28-17(18(25)23-14-2-3-14)12-13-8-10-24(11-9-13)30(26,27)16-6-4-15(5-7-16)29-19(20,21)22/h4-7,12-14H,2-3,8-11H2,1H3,(H,23,25). The summed E-state index contributed by atoms with van der Waals surface area (Å²) in [5.74, 6) is -0.541. The number of rotatable bonds is 7. The number of methoxy groups -OCH3 is 1. The molecule has 0 aromatic heterocycles. The van der Waals surface area contributed by atoms with E-state index in [1.54, 1.807) is 6.08 Å². The SMILES string of the molecule is COC(=CC1CCN(S(=O)(=O)c2ccc(OC(F)(F)F)cc2)CC1)C(=O)NC1CC1. The zero-order valence-electron chi connectivity index (χ0n) is 16.3. The molecule has 1 heterocycles. The zero-order valence-corrected chi connectivity index (χ0v) is 17.1. The lowest BCUT2D eigenvalue weighted by atomic mass is 9.97. The lowest BCUT2D eigenvalue weighted by Crippen LogP contribution is -2.38. The van der Waals surface area contributed by atoms with Gasteiger partial charge in [-0.25, -0.2) is 8.42 Å². The maximum atomic E-state index is 12.8. The first-order valence-corrected chi connectivity index (χ1v) is 10.9. The van der Waals surface area contributed by atoms with Crippen LogP contribution in [0.4, 0.5) is 13.2 Å². The van der Waals surface area contributed by atoms with E-state index in [2.05, 4.69) is 10.1 Å². The normalized spacial score (nSPS) is 19.4. The molecule has 1 amide bonds. The van der Waals surface area contributed by atoms with Gasteiger partial charge >= 0.3 is 6.36 Å². The van der Waals surface area contributed by atoms with Gasteiger partial charge in [0.25, 0.3) is 5.91 Å². The minimum atomic E-state index is -4.84. The zero-order chi connectivity index (χ0) is 21.9. The number of alkyl halides is 3. The fourth-order valence-electron chi connectivity index (χ4n) is 3.18. The van der Waals surface area contributed by atoms with Gasteiger partial charge in [0, 0.05) is 19.1 Å². The first-order chi connectivity index (χ1) is 14.1. The average molecular weight is 448 g/mol. The Morgan fingerprint density at radius 3 is 2.23 bits per heavy atom. The average Bonchev–Trinajstić information content (AvgIpc) is 3.49. The van der Waals surface area contributed by atoms with Gasteiger partial charge in [0.15, 0.2) is 5.76 Å². The van der Waals surface area contributed by atoms with Gasteiger partial charge in [-0.2, -0.15) is 4.31 Å². The van der Waals surface area contributed by atoms with Gasteiger partial charge in [-0.3, -0.25) is 4.79 Å². The van der Waals surface area contributed by atoms with E-state index >= 15 is 0 Å². The number of halogens is 3. The first kappa shape index (κ1) is 22.4. The van der Waals surface area contributed by atoms with Gasteiger partial charge in [0.2, 0.25) is 10.0 Å². The quantitative estimate of drug-likeness (QED) is 0.512. The number of nitrogens with one attached hydrogen (secondary N) is 1. The van der Waals surface area contributed by atoms with Gasteiger partial charge in [-0.1, -0.05) is 0 Å². The molecular weight excluding hydrogens is 425 g/mol. The molecule has 166 valence electrons. The van der Waals surface area contributed by atoms with Crippen LogP contribution < -0.4 is 10.1 Å². The second-order valence-corrected chi connectivity index (χ2v) is 9.18. The highest BCUT2D eigenvalue weighted by Gasteiger charge is 2.32. The molecule has 1 saturated heterocycles. The lowest BCUT2D eigenvalue weighted by molar-refractivity contribution is -0.274. The molecule has 1 N–H and O–H groups in total. The third-order valence-electron chi connectivity index (χ3n) is 4.94.